The summed E-state index contributed by atoms with van der Waals surface area (Å²) in [5, 5.41) is 2.62. The van der Waals surface area contributed by atoms with Crippen molar-refractivity contribution in [1.29, 1.82) is 0 Å². The van der Waals surface area contributed by atoms with Gasteiger partial charge in [0, 0.05) is 37.3 Å². The number of likely N-dealkylation sites (N-methyl/N-ethyl adjacent to an activating group) is 2. The smallest absolute Gasteiger partial charge is 0.407 e. The van der Waals surface area contributed by atoms with Gasteiger partial charge in [0.05, 0.1) is 27.8 Å². The number of methoxy groups -OCH3 is 3. The predicted molar refractivity (Wildman–Crippen MR) is 216 cm³/mol. The van der Waals surface area contributed by atoms with E-state index in [4.69, 9.17) is 33.2 Å². The standard InChI is InChI=1S/C45H53N3O9/c1-45(2,3)57-44(50)46-18-15-40(49)55-35-14-11-28-22-34-41-30(17-20-48(34)5)25-39(52-7)42(53-8)43(41)56-38-26-32-29(24-36(38)51-6)16-19-47(4)33(32)21-27-9-12-31(13-10-27)54-37(35)23-28/h9-14,23-26,33-34H,15-22H2,1-8H3,(H,46,50)/t33-,34+/m0/s1. The quantitative estimate of drug-likeness (QED) is 0.145. The third-order valence-corrected chi connectivity index (χ3v) is 10.9. The van der Waals surface area contributed by atoms with Crippen LogP contribution in [0.4, 0.5) is 4.79 Å². The number of rotatable bonds is 7. The average molecular weight is 780 g/mol. The van der Waals surface area contributed by atoms with E-state index >= 15 is 0 Å². The number of esters is 1. The monoisotopic (exact) mass is 779 g/mol. The highest BCUT2D eigenvalue weighted by Gasteiger charge is 2.35. The second kappa shape index (κ2) is 16.6. The molecule has 4 aromatic rings. The predicted octanol–water partition coefficient (Wildman–Crippen LogP) is 7.97. The van der Waals surface area contributed by atoms with Crippen LogP contribution < -0.4 is 33.7 Å². The summed E-state index contributed by atoms with van der Waals surface area (Å²) < 4.78 is 42.7. The van der Waals surface area contributed by atoms with E-state index < -0.39 is 17.7 Å². The van der Waals surface area contributed by atoms with Gasteiger partial charge in [0.1, 0.15) is 11.4 Å². The van der Waals surface area contributed by atoms with Crippen LogP contribution in [0.2, 0.25) is 0 Å². The molecule has 302 valence electrons. The number of alkyl carbamates (subject to hydrolysis) is 1. The first kappa shape index (κ1) is 39.8. The van der Waals surface area contributed by atoms with Crippen molar-refractivity contribution in [3.63, 3.8) is 0 Å². The lowest BCUT2D eigenvalue weighted by Crippen LogP contribution is -2.34. The van der Waals surface area contributed by atoms with Gasteiger partial charge in [0.25, 0.3) is 0 Å². The molecule has 8 rings (SSSR count). The van der Waals surface area contributed by atoms with Crippen LogP contribution in [0.1, 0.15) is 72.7 Å². The topological polar surface area (TPSA) is 117 Å². The average Bonchev–Trinajstić information content (AvgIpc) is 3.17. The van der Waals surface area contributed by atoms with Crippen molar-refractivity contribution in [2.24, 2.45) is 0 Å². The highest BCUT2D eigenvalue weighted by Crippen LogP contribution is 2.52. The molecule has 4 heterocycles. The third kappa shape index (κ3) is 8.77. The van der Waals surface area contributed by atoms with Crippen LogP contribution in [0.5, 0.6) is 46.0 Å². The molecule has 1 amide bonds. The summed E-state index contributed by atoms with van der Waals surface area (Å²) in [5.74, 6) is 3.71. The van der Waals surface area contributed by atoms with Gasteiger partial charge in [0.2, 0.25) is 5.75 Å². The Kier molecular flexibility index (Phi) is 11.6. The van der Waals surface area contributed by atoms with E-state index in [2.05, 4.69) is 59.5 Å². The normalized spacial score (nSPS) is 17.8. The number of hydrogen-bond donors (Lipinski definition) is 1. The zero-order valence-corrected chi connectivity index (χ0v) is 34.2. The zero-order valence-electron chi connectivity index (χ0n) is 34.2. The van der Waals surface area contributed by atoms with Crippen LogP contribution in [0.25, 0.3) is 0 Å². The second-order valence-corrected chi connectivity index (χ2v) is 15.9. The molecule has 0 spiro atoms. The molecule has 12 heteroatoms. The molecular formula is C45H53N3O9. The fraction of sp³-hybridized carbons (Fsp3) is 0.422. The highest BCUT2D eigenvalue weighted by molar-refractivity contribution is 5.75. The Labute approximate surface area is 334 Å². The van der Waals surface area contributed by atoms with Gasteiger partial charge < -0.3 is 38.5 Å². The first-order valence-electron chi connectivity index (χ1n) is 19.5. The minimum absolute atomic E-state index is 0.0582. The first-order valence-corrected chi connectivity index (χ1v) is 19.5. The van der Waals surface area contributed by atoms with E-state index in [1.54, 1.807) is 48.2 Å². The summed E-state index contributed by atoms with van der Waals surface area (Å²) in [4.78, 5) is 30.0. The fourth-order valence-electron chi connectivity index (χ4n) is 7.95. The van der Waals surface area contributed by atoms with E-state index in [0.29, 0.717) is 46.7 Å². The molecule has 4 aliphatic rings. The van der Waals surface area contributed by atoms with E-state index in [1.807, 2.05) is 24.3 Å². The second-order valence-electron chi connectivity index (χ2n) is 15.9. The SMILES string of the molecule is COc1cc2c3cc1Oc1c(OC)c(OC)cc4c1[C@@H](Cc1ccc(OC(=O)CCNC(=O)OC(C)(C)C)c(c1)Oc1ccc(cc1)C[C@@H]3N(C)CC2)N(C)CC4. The maximum absolute atomic E-state index is 13.1. The van der Waals surface area contributed by atoms with Crippen LogP contribution in [-0.4, -0.2) is 82.5 Å². The summed E-state index contributed by atoms with van der Waals surface area (Å²) >= 11 is 0. The highest BCUT2D eigenvalue weighted by atomic mass is 16.6. The summed E-state index contributed by atoms with van der Waals surface area (Å²) in [6.45, 7) is 7.11. The Hall–Kier alpha value is -5.46. The van der Waals surface area contributed by atoms with Crippen LogP contribution in [0.3, 0.4) is 0 Å². The van der Waals surface area contributed by atoms with Crippen molar-refractivity contribution in [3.05, 3.63) is 94.0 Å². The van der Waals surface area contributed by atoms with Gasteiger partial charge in [-0.3, -0.25) is 14.6 Å². The van der Waals surface area contributed by atoms with Gasteiger partial charge in [-0.05, 0) is 131 Å². The molecule has 0 aromatic heterocycles. The lowest BCUT2D eigenvalue weighted by atomic mass is 9.87. The van der Waals surface area contributed by atoms with Crippen LogP contribution in [0, 0.1) is 0 Å². The molecule has 12 nitrogen and oxygen atoms in total. The minimum atomic E-state index is -0.650. The Balaban J connectivity index is 1.31. The van der Waals surface area contributed by atoms with Crippen LogP contribution in [0.15, 0.2) is 60.7 Å². The van der Waals surface area contributed by atoms with Gasteiger partial charge in [0.15, 0.2) is 34.5 Å². The largest absolute Gasteiger partial charge is 0.493 e. The molecule has 4 aromatic carbocycles. The molecular weight excluding hydrogens is 727 g/mol. The van der Waals surface area contributed by atoms with Crippen molar-refractivity contribution >= 4 is 12.1 Å². The number of ether oxygens (including phenoxy) is 7. The summed E-state index contributed by atoms with van der Waals surface area (Å²) in [7, 11) is 9.23. The van der Waals surface area contributed by atoms with Crippen LogP contribution in [-0.2, 0) is 35.2 Å². The molecule has 4 aliphatic heterocycles. The molecule has 0 saturated heterocycles. The van der Waals surface area contributed by atoms with E-state index in [1.165, 1.54) is 11.1 Å². The third-order valence-electron chi connectivity index (χ3n) is 10.9. The molecule has 2 atom stereocenters. The summed E-state index contributed by atoms with van der Waals surface area (Å²) in [5.41, 5.74) is 5.97. The van der Waals surface area contributed by atoms with Gasteiger partial charge in [-0.2, -0.15) is 0 Å². The molecule has 1 N–H and O–H groups in total. The van der Waals surface area contributed by atoms with Crippen molar-refractivity contribution in [1.82, 2.24) is 15.1 Å². The molecule has 0 radical (unpaired) electrons. The lowest BCUT2D eigenvalue weighted by Gasteiger charge is -2.37. The fourth-order valence-corrected chi connectivity index (χ4v) is 7.95. The maximum Gasteiger partial charge on any atom is 0.407 e. The lowest BCUT2D eigenvalue weighted by molar-refractivity contribution is -0.134. The van der Waals surface area contributed by atoms with Crippen molar-refractivity contribution in [3.8, 4) is 46.0 Å². The van der Waals surface area contributed by atoms with Crippen molar-refractivity contribution < 1.29 is 42.7 Å². The number of nitrogens with zero attached hydrogens (tertiary/aromatic N) is 2. The summed E-state index contributed by atoms with van der Waals surface area (Å²) in [6, 6.07) is 19.9. The van der Waals surface area contributed by atoms with Crippen molar-refractivity contribution in [2.75, 3.05) is 55.1 Å². The van der Waals surface area contributed by atoms with E-state index in [9.17, 15) is 9.59 Å². The first-order chi connectivity index (χ1) is 27.3. The van der Waals surface area contributed by atoms with Crippen molar-refractivity contribution in [2.45, 2.75) is 70.6 Å². The minimum Gasteiger partial charge on any atom is -0.493 e. The molecule has 0 saturated carbocycles. The molecule has 0 fully saturated rings. The number of amides is 1. The van der Waals surface area contributed by atoms with Gasteiger partial charge in [-0.15, -0.1) is 0 Å². The summed E-state index contributed by atoms with van der Waals surface area (Å²) in [6.07, 6.45) is 2.36. The molecule has 0 unspecified atom stereocenters. The number of nitrogens with one attached hydrogen (secondary N) is 1. The van der Waals surface area contributed by atoms with E-state index in [-0.39, 0.29) is 30.8 Å². The number of hydrogen-bond acceptors (Lipinski definition) is 11. The number of carbonyl (C=O) groups excluding carboxylic acids is 2. The zero-order chi connectivity index (χ0) is 40.4. The Bertz CT molecular complexity index is 2130. The number of carbonyl (C=O) groups is 2. The Morgan fingerprint density at radius 3 is 2.11 bits per heavy atom. The maximum atomic E-state index is 13.1. The molecule has 6 bridgehead atoms. The molecule has 57 heavy (non-hydrogen) atoms. The molecule has 0 aliphatic carbocycles. The number of benzene rings is 4. The van der Waals surface area contributed by atoms with E-state index in [0.717, 1.165) is 54.6 Å². The Morgan fingerprint density at radius 1 is 0.754 bits per heavy atom. The number of fused-ring (bicyclic) bond motifs is 2. The van der Waals surface area contributed by atoms with Gasteiger partial charge in [-0.1, -0.05) is 18.2 Å². The Morgan fingerprint density at radius 2 is 1.40 bits per heavy atom. The van der Waals surface area contributed by atoms with Gasteiger partial charge in [-0.25, -0.2) is 4.79 Å². The van der Waals surface area contributed by atoms with Crippen LogP contribution >= 0.6 is 0 Å². The van der Waals surface area contributed by atoms with Gasteiger partial charge >= 0.3 is 12.1 Å².